The van der Waals surface area contributed by atoms with E-state index in [1.165, 1.54) is 0 Å². The maximum Gasteiger partial charge on any atom is 0.249 e. The van der Waals surface area contributed by atoms with Crippen molar-refractivity contribution in [2.75, 3.05) is 32.8 Å². The van der Waals surface area contributed by atoms with Gasteiger partial charge < -0.3 is 24.5 Å². The minimum atomic E-state index is -1.21. The zero-order chi connectivity index (χ0) is 28.3. The molecule has 1 N–H and O–H groups in total. The van der Waals surface area contributed by atoms with Gasteiger partial charge in [0, 0.05) is 39.3 Å². The fourth-order valence-corrected chi connectivity index (χ4v) is 7.16. The van der Waals surface area contributed by atoms with Gasteiger partial charge in [-0.1, -0.05) is 74.9 Å². The molecule has 0 radical (unpaired) electrons. The number of aliphatic hydroxyl groups excluding tert-OH is 1. The van der Waals surface area contributed by atoms with Crippen LogP contribution in [-0.2, 0) is 25.7 Å². The van der Waals surface area contributed by atoms with Gasteiger partial charge in [0.05, 0.1) is 17.4 Å². The van der Waals surface area contributed by atoms with Crippen LogP contribution in [0.4, 0.5) is 0 Å². The summed E-state index contributed by atoms with van der Waals surface area (Å²) in [5.74, 6) is -1.88. The number of fused-ring (bicyclic) bond motifs is 2. The molecule has 0 saturated carbocycles. The molecule has 1 aromatic carbocycles. The van der Waals surface area contributed by atoms with Crippen LogP contribution < -0.4 is 0 Å². The molecule has 2 fully saturated rings. The van der Waals surface area contributed by atoms with Crippen molar-refractivity contribution < 1.29 is 24.2 Å². The van der Waals surface area contributed by atoms with Crippen LogP contribution in [0.5, 0.6) is 0 Å². The molecule has 2 saturated heterocycles. The standard InChI is InChI=1S/C32H43N3O5/c1-3-5-18-33-19-13-17-32-26(29(38)35(27(32)30(33)39)21-10-7-11-22-36)25-28(37)34(23-24-14-8-6-9-15-24)20-12-16-31(25,4-2)40-32/h6,8-9,12-17,25-27,36H,3-5,7,10-11,18-23H2,1-2H3/t25-,26-,27?,31+,32-/m0/s1. The Bertz CT molecular complexity index is 1150. The summed E-state index contributed by atoms with van der Waals surface area (Å²) in [5, 5.41) is 9.28. The van der Waals surface area contributed by atoms with Crippen molar-refractivity contribution in [3.05, 3.63) is 60.2 Å². The van der Waals surface area contributed by atoms with Crippen molar-refractivity contribution in [3.63, 3.8) is 0 Å². The minimum Gasteiger partial charge on any atom is -0.396 e. The lowest BCUT2D eigenvalue weighted by atomic mass is 9.73. The zero-order valence-corrected chi connectivity index (χ0v) is 23.8. The second-order valence-electron chi connectivity index (χ2n) is 11.6. The molecular formula is C32H43N3O5. The lowest BCUT2D eigenvalue weighted by molar-refractivity contribution is -0.154. The zero-order valence-electron chi connectivity index (χ0n) is 23.8. The third-order valence-corrected chi connectivity index (χ3v) is 9.16. The van der Waals surface area contributed by atoms with Gasteiger partial charge >= 0.3 is 0 Å². The number of likely N-dealkylation sites (tertiary alicyclic amines) is 1. The molecule has 4 aliphatic rings. The highest BCUT2D eigenvalue weighted by Crippen LogP contribution is 2.58. The van der Waals surface area contributed by atoms with Crippen molar-refractivity contribution in [1.82, 2.24) is 14.7 Å². The highest BCUT2D eigenvalue weighted by atomic mass is 16.5. The Morgan fingerprint density at radius 1 is 0.850 bits per heavy atom. The molecule has 1 unspecified atom stereocenters. The van der Waals surface area contributed by atoms with Gasteiger partial charge in [-0.3, -0.25) is 14.4 Å². The maximum absolute atomic E-state index is 14.4. The fraction of sp³-hybridized carbons (Fsp3) is 0.594. The van der Waals surface area contributed by atoms with Crippen LogP contribution >= 0.6 is 0 Å². The lowest BCUT2D eigenvalue weighted by Crippen LogP contribution is -2.56. The summed E-state index contributed by atoms with van der Waals surface area (Å²) >= 11 is 0. The smallest absolute Gasteiger partial charge is 0.249 e. The molecule has 0 aliphatic carbocycles. The van der Waals surface area contributed by atoms with E-state index in [1.54, 1.807) is 4.90 Å². The van der Waals surface area contributed by atoms with Gasteiger partial charge in [0.15, 0.2) is 0 Å². The first-order valence-electron chi connectivity index (χ1n) is 15.0. The Balaban J connectivity index is 1.55. The second-order valence-corrected chi connectivity index (χ2v) is 11.6. The second kappa shape index (κ2) is 11.9. The highest BCUT2D eigenvalue weighted by Gasteiger charge is 2.75. The van der Waals surface area contributed by atoms with Crippen LogP contribution in [0.3, 0.4) is 0 Å². The SMILES string of the molecule is CCCCN1CC=C[C@]23O[C@]4(CC)C=CCN(Cc5ccccc5)C(=O)[C@@H]4[C@H]2C(=O)N(CCCCCO)C3C1=O. The van der Waals surface area contributed by atoms with Gasteiger partial charge in [-0.2, -0.15) is 0 Å². The number of carbonyl (C=O) groups excluding carboxylic acids is 3. The molecule has 8 nitrogen and oxygen atoms in total. The lowest BCUT2D eigenvalue weighted by Gasteiger charge is -2.38. The van der Waals surface area contributed by atoms with Gasteiger partial charge in [0.1, 0.15) is 11.6 Å². The minimum absolute atomic E-state index is 0.0959. The van der Waals surface area contributed by atoms with E-state index in [9.17, 15) is 19.5 Å². The van der Waals surface area contributed by atoms with Gasteiger partial charge in [0.2, 0.25) is 17.7 Å². The summed E-state index contributed by atoms with van der Waals surface area (Å²) < 4.78 is 7.03. The average molecular weight is 550 g/mol. The number of benzene rings is 1. The number of aliphatic hydroxyl groups is 1. The summed E-state index contributed by atoms with van der Waals surface area (Å²) in [6.45, 7) is 6.56. The predicted molar refractivity (Wildman–Crippen MR) is 152 cm³/mol. The molecule has 1 aromatic rings. The van der Waals surface area contributed by atoms with Crippen molar-refractivity contribution >= 4 is 17.7 Å². The Morgan fingerprint density at radius 3 is 2.33 bits per heavy atom. The van der Waals surface area contributed by atoms with Crippen LogP contribution in [0.2, 0.25) is 0 Å². The maximum atomic E-state index is 14.4. The Kier molecular flexibility index (Phi) is 8.47. The Hall–Kier alpha value is -2.97. The van der Waals surface area contributed by atoms with Gasteiger partial charge in [-0.25, -0.2) is 0 Å². The van der Waals surface area contributed by atoms with Crippen LogP contribution in [0.15, 0.2) is 54.6 Å². The number of rotatable bonds is 11. The summed E-state index contributed by atoms with van der Waals surface area (Å²) in [6, 6.07) is 9.07. The number of amides is 3. The third kappa shape index (κ3) is 4.79. The summed E-state index contributed by atoms with van der Waals surface area (Å²) in [6.07, 6.45) is 12.3. The van der Waals surface area contributed by atoms with Gasteiger partial charge in [-0.05, 0) is 37.7 Å². The normalized spacial score (nSPS) is 31.3. The molecule has 40 heavy (non-hydrogen) atoms. The van der Waals surface area contributed by atoms with Crippen LogP contribution in [0.25, 0.3) is 0 Å². The Labute approximate surface area is 237 Å². The summed E-state index contributed by atoms with van der Waals surface area (Å²) in [7, 11) is 0. The van der Waals surface area contributed by atoms with Crippen molar-refractivity contribution in [3.8, 4) is 0 Å². The average Bonchev–Trinajstić information content (AvgIpc) is 3.26. The van der Waals surface area contributed by atoms with Crippen LogP contribution in [0, 0.1) is 11.8 Å². The third-order valence-electron chi connectivity index (χ3n) is 9.16. The molecule has 4 heterocycles. The molecule has 1 spiro atoms. The van der Waals surface area contributed by atoms with E-state index in [4.69, 9.17) is 4.74 Å². The van der Waals surface area contributed by atoms with E-state index >= 15 is 0 Å². The number of hydrogen-bond donors (Lipinski definition) is 1. The number of unbranched alkanes of at least 4 members (excludes halogenated alkanes) is 3. The van der Waals surface area contributed by atoms with Gasteiger partial charge in [-0.15, -0.1) is 0 Å². The van der Waals surface area contributed by atoms with Crippen LogP contribution in [0.1, 0.15) is 57.9 Å². The molecule has 3 amide bonds. The molecule has 8 heteroatoms. The Morgan fingerprint density at radius 2 is 1.60 bits per heavy atom. The summed E-state index contributed by atoms with van der Waals surface area (Å²) in [5.41, 5.74) is -1.14. The topological polar surface area (TPSA) is 90.4 Å². The number of ether oxygens (including phenoxy) is 1. The molecular weight excluding hydrogens is 506 g/mol. The van der Waals surface area contributed by atoms with E-state index in [-0.39, 0.29) is 24.3 Å². The molecule has 5 atom stereocenters. The largest absolute Gasteiger partial charge is 0.396 e. The summed E-state index contributed by atoms with van der Waals surface area (Å²) in [4.78, 5) is 48.4. The first kappa shape index (κ1) is 28.6. The first-order chi connectivity index (χ1) is 19.4. The monoisotopic (exact) mass is 549 g/mol. The molecule has 5 rings (SSSR count). The number of nitrogens with zero attached hydrogens (tertiary/aromatic N) is 3. The first-order valence-corrected chi connectivity index (χ1v) is 15.0. The molecule has 0 bridgehead atoms. The van der Waals surface area contributed by atoms with E-state index < -0.39 is 29.1 Å². The van der Waals surface area contributed by atoms with Crippen molar-refractivity contribution in [2.24, 2.45) is 11.8 Å². The molecule has 0 aromatic heterocycles. The molecule has 4 aliphatic heterocycles. The van der Waals surface area contributed by atoms with Crippen molar-refractivity contribution in [2.45, 2.75) is 76.2 Å². The van der Waals surface area contributed by atoms with Crippen molar-refractivity contribution in [1.29, 1.82) is 0 Å². The fourth-order valence-electron chi connectivity index (χ4n) is 7.16. The van der Waals surface area contributed by atoms with E-state index in [0.29, 0.717) is 52.0 Å². The van der Waals surface area contributed by atoms with Gasteiger partial charge in [0.25, 0.3) is 0 Å². The predicted octanol–water partition coefficient (Wildman–Crippen LogP) is 3.31. The van der Waals surface area contributed by atoms with E-state index in [1.807, 2.05) is 71.4 Å². The number of hydrogen-bond acceptors (Lipinski definition) is 5. The number of carbonyl (C=O) groups is 3. The van der Waals surface area contributed by atoms with E-state index in [2.05, 4.69) is 6.92 Å². The highest BCUT2D eigenvalue weighted by molar-refractivity contribution is 6.00. The molecule has 216 valence electrons. The quantitative estimate of drug-likeness (QED) is 0.338. The van der Waals surface area contributed by atoms with E-state index in [0.717, 1.165) is 24.8 Å². The van der Waals surface area contributed by atoms with Crippen LogP contribution in [-0.4, -0.2) is 87.6 Å².